The largest absolute Gasteiger partial charge is 0.497 e. The average molecular weight is 386 g/mol. The van der Waals surface area contributed by atoms with Crippen molar-refractivity contribution in [1.82, 2.24) is 9.88 Å². The molecule has 0 bridgehead atoms. The summed E-state index contributed by atoms with van der Waals surface area (Å²) in [6.07, 6.45) is 0.993. The van der Waals surface area contributed by atoms with E-state index in [4.69, 9.17) is 4.74 Å². The highest BCUT2D eigenvalue weighted by Gasteiger charge is 2.31. The fourth-order valence-electron chi connectivity index (χ4n) is 4.45. The van der Waals surface area contributed by atoms with Crippen LogP contribution in [0.4, 0.5) is 4.39 Å². The van der Waals surface area contributed by atoms with Gasteiger partial charge in [-0.15, -0.1) is 0 Å². The highest BCUT2D eigenvalue weighted by molar-refractivity contribution is 5.85. The first kappa shape index (κ1) is 18.0. The number of fused-ring (bicyclic) bond motifs is 3. The summed E-state index contributed by atoms with van der Waals surface area (Å²) in [7, 11) is 1.69. The van der Waals surface area contributed by atoms with Crippen LogP contribution in [0.3, 0.4) is 0 Å². The second kappa shape index (κ2) is 7.37. The van der Waals surface area contributed by atoms with Crippen LogP contribution in [-0.4, -0.2) is 23.5 Å². The standard InChI is InChI=1S/C25H23FN2O/c1-29-20-12-8-18(9-13-20)25-24-22(21-4-2-3-5-23(21)27-24)14-15-28(25)16-17-6-10-19(26)11-7-17/h2-13,25,27H,14-16H2,1H3/t25-/m0/s1. The van der Waals surface area contributed by atoms with E-state index in [0.717, 1.165) is 30.8 Å². The number of methoxy groups -OCH3 is 1. The first-order valence-corrected chi connectivity index (χ1v) is 9.95. The number of nitrogens with zero attached hydrogens (tertiary/aromatic N) is 1. The van der Waals surface area contributed by atoms with E-state index in [1.165, 1.54) is 39.9 Å². The van der Waals surface area contributed by atoms with Crippen molar-refractivity contribution in [2.75, 3.05) is 13.7 Å². The van der Waals surface area contributed by atoms with Crippen LogP contribution in [0.2, 0.25) is 0 Å². The molecule has 0 saturated heterocycles. The van der Waals surface area contributed by atoms with E-state index in [-0.39, 0.29) is 11.9 Å². The maximum atomic E-state index is 13.4. The molecule has 2 heterocycles. The second-order valence-electron chi connectivity index (χ2n) is 7.59. The summed E-state index contributed by atoms with van der Waals surface area (Å²) in [6, 6.07) is 23.8. The molecule has 3 nitrogen and oxygen atoms in total. The van der Waals surface area contributed by atoms with Crippen LogP contribution in [0.1, 0.15) is 28.4 Å². The number of ether oxygens (including phenoxy) is 1. The number of rotatable bonds is 4. The van der Waals surface area contributed by atoms with Gasteiger partial charge in [0.2, 0.25) is 0 Å². The monoisotopic (exact) mass is 386 g/mol. The van der Waals surface area contributed by atoms with Gasteiger partial charge < -0.3 is 9.72 Å². The molecule has 4 heteroatoms. The van der Waals surface area contributed by atoms with E-state index in [1.807, 2.05) is 24.3 Å². The van der Waals surface area contributed by atoms with E-state index in [0.29, 0.717) is 0 Å². The molecule has 0 aliphatic carbocycles. The van der Waals surface area contributed by atoms with Gasteiger partial charge >= 0.3 is 0 Å². The second-order valence-corrected chi connectivity index (χ2v) is 7.59. The molecule has 0 fully saturated rings. The third kappa shape index (κ3) is 3.30. The smallest absolute Gasteiger partial charge is 0.123 e. The number of H-pyrrole nitrogens is 1. The summed E-state index contributed by atoms with van der Waals surface area (Å²) in [5, 5.41) is 1.31. The van der Waals surface area contributed by atoms with Crippen molar-refractivity contribution in [1.29, 1.82) is 0 Å². The van der Waals surface area contributed by atoms with Crippen LogP contribution in [0.5, 0.6) is 5.75 Å². The molecule has 0 radical (unpaired) electrons. The van der Waals surface area contributed by atoms with Gasteiger partial charge in [0.15, 0.2) is 0 Å². The minimum atomic E-state index is -0.197. The summed E-state index contributed by atoms with van der Waals surface area (Å²) in [5.41, 5.74) is 6.17. The zero-order valence-corrected chi connectivity index (χ0v) is 16.4. The number of hydrogen-bond acceptors (Lipinski definition) is 2. The van der Waals surface area contributed by atoms with Crippen LogP contribution >= 0.6 is 0 Å². The summed E-state index contributed by atoms with van der Waals surface area (Å²) >= 11 is 0. The first-order valence-electron chi connectivity index (χ1n) is 9.95. The third-order valence-electron chi connectivity index (χ3n) is 5.86. The van der Waals surface area contributed by atoms with Crippen LogP contribution in [0.15, 0.2) is 72.8 Å². The van der Waals surface area contributed by atoms with Crippen molar-refractivity contribution in [3.05, 3.63) is 101 Å². The van der Waals surface area contributed by atoms with Gasteiger partial charge in [0.25, 0.3) is 0 Å². The molecule has 1 aromatic heterocycles. The normalized spacial score (nSPS) is 16.7. The fourth-order valence-corrected chi connectivity index (χ4v) is 4.45. The predicted molar refractivity (Wildman–Crippen MR) is 114 cm³/mol. The van der Waals surface area contributed by atoms with Gasteiger partial charge in [-0.1, -0.05) is 42.5 Å². The van der Waals surface area contributed by atoms with E-state index >= 15 is 0 Å². The van der Waals surface area contributed by atoms with Gasteiger partial charge in [0.1, 0.15) is 11.6 Å². The number of halogens is 1. The van der Waals surface area contributed by atoms with Crippen LogP contribution in [0, 0.1) is 5.82 Å². The Morgan fingerprint density at radius 3 is 2.52 bits per heavy atom. The van der Waals surface area contributed by atoms with Crippen LogP contribution in [-0.2, 0) is 13.0 Å². The Hall–Kier alpha value is -3.11. The predicted octanol–water partition coefficient (Wildman–Crippen LogP) is 5.46. The minimum absolute atomic E-state index is 0.113. The highest BCUT2D eigenvalue weighted by atomic mass is 19.1. The van der Waals surface area contributed by atoms with Crippen molar-refractivity contribution in [2.45, 2.75) is 19.0 Å². The lowest BCUT2D eigenvalue weighted by atomic mass is 9.92. The van der Waals surface area contributed by atoms with Crippen molar-refractivity contribution >= 4 is 10.9 Å². The fraction of sp³-hybridized carbons (Fsp3) is 0.200. The topological polar surface area (TPSA) is 28.3 Å². The third-order valence-corrected chi connectivity index (χ3v) is 5.86. The molecule has 1 N–H and O–H groups in total. The van der Waals surface area contributed by atoms with Gasteiger partial charge in [-0.3, -0.25) is 4.90 Å². The van der Waals surface area contributed by atoms with E-state index in [9.17, 15) is 4.39 Å². The molecule has 1 atom stereocenters. The highest BCUT2D eigenvalue weighted by Crippen LogP contribution is 2.39. The van der Waals surface area contributed by atoms with E-state index in [1.54, 1.807) is 7.11 Å². The van der Waals surface area contributed by atoms with E-state index in [2.05, 4.69) is 46.3 Å². The number of nitrogens with one attached hydrogen (secondary N) is 1. The summed E-state index contributed by atoms with van der Waals surface area (Å²) in [6.45, 7) is 1.72. The number of benzene rings is 3. The zero-order chi connectivity index (χ0) is 19.8. The van der Waals surface area contributed by atoms with Gasteiger partial charge in [-0.05, 0) is 53.4 Å². The molecule has 0 amide bonds. The van der Waals surface area contributed by atoms with Gasteiger partial charge in [0, 0.05) is 29.7 Å². The molecule has 3 aromatic carbocycles. The number of aromatic nitrogens is 1. The average Bonchev–Trinajstić information content (AvgIpc) is 3.14. The Labute approximate surface area is 169 Å². The SMILES string of the molecule is COc1ccc([C@H]2c3[nH]c4ccccc4c3CCN2Cc2ccc(F)cc2)cc1. The van der Waals surface area contributed by atoms with Gasteiger partial charge in [-0.2, -0.15) is 0 Å². The molecule has 29 heavy (non-hydrogen) atoms. The van der Waals surface area contributed by atoms with Crippen LogP contribution < -0.4 is 4.74 Å². The molecule has 5 rings (SSSR count). The maximum absolute atomic E-state index is 13.4. The van der Waals surface area contributed by atoms with Crippen LogP contribution in [0.25, 0.3) is 10.9 Å². The molecular formula is C25H23FN2O. The molecular weight excluding hydrogens is 363 g/mol. The lowest BCUT2D eigenvalue weighted by Gasteiger charge is -2.36. The molecule has 1 aliphatic heterocycles. The van der Waals surface area contributed by atoms with Crippen molar-refractivity contribution in [2.24, 2.45) is 0 Å². The van der Waals surface area contributed by atoms with Gasteiger partial charge in [-0.25, -0.2) is 4.39 Å². The molecule has 4 aromatic rings. The lowest BCUT2D eigenvalue weighted by Crippen LogP contribution is -2.35. The Morgan fingerprint density at radius 1 is 1.00 bits per heavy atom. The number of aromatic amines is 1. The summed E-state index contributed by atoms with van der Waals surface area (Å²) < 4.78 is 18.7. The molecule has 0 spiro atoms. The maximum Gasteiger partial charge on any atom is 0.123 e. The van der Waals surface area contributed by atoms with E-state index < -0.39 is 0 Å². The summed E-state index contributed by atoms with van der Waals surface area (Å²) in [5.74, 6) is 0.656. The Morgan fingerprint density at radius 2 is 1.76 bits per heavy atom. The number of para-hydroxylation sites is 1. The number of hydrogen-bond donors (Lipinski definition) is 1. The minimum Gasteiger partial charge on any atom is -0.497 e. The Balaban J connectivity index is 1.59. The first-order chi connectivity index (χ1) is 14.2. The quantitative estimate of drug-likeness (QED) is 0.504. The molecule has 0 unspecified atom stereocenters. The van der Waals surface area contributed by atoms with Crippen molar-refractivity contribution < 1.29 is 9.13 Å². The summed E-state index contributed by atoms with van der Waals surface area (Å²) in [4.78, 5) is 6.15. The van der Waals surface area contributed by atoms with Gasteiger partial charge in [0.05, 0.1) is 13.2 Å². The molecule has 1 aliphatic rings. The Kier molecular flexibility index (Phi) is 4.57. The van der Waals surface area contributed by atoms with Crippen molar-refractivity contribution in [3.8, 4) is 5.75 Å². The Bertz CT molecular complexity index is 1130. The van der Waals surface area contributed by atoms with Crippen molar-refractivity contribution in [3.63, 3.8) is 0 Å². The zero-order valence-electron chi connectivity index (χ0n) is 16.4. The lowest BCUT2D eigenvalue weighted by molar-refractivity contribution is 0.202. The molecule has 0 saturated carbocycles. The molecule has 146 valence electrons.